The molecule has 1 N–H and O–H groups in total. The Morgan fingerprint density at radius 2 is 1.62 bits per heavy atom. The molecule has 0 aromatic heterocycles. The van der Waals surface area contributed by atoms with E-state index in [2.05, 4.69) is 5.32 Å². The van der Waals surface area contributed by atoms with Gasteiger partial charge in [0.2, 0.25) is 11.8 Å². The number of aryl methyl sites for hydroxylation is 1. The van der Waals surface area contributed by atoms with Crippen molar-refractivity contribution in [2.45, 2.75) is 37.8 Å². The zero-order chi connectivity index (χ0) is 27.2. The second-order valence-corrected chi connectivity index (χ2v) is 11.2. The van der Waals surface area contributed by atoms with E-state index in [0.717, 1.165) is 15.4 Å². The molecule has 0 radical (unpaired) electrons. The molecule has 37 heavy (non-hydrogen) atoms. The van der Waals surface area contributed by atoms with Crippen molar-refractivity contribution in [2.75, 3.05) is 17.9 Å². The van der Waals surface area contributed by atoms with Gasteiger partial charge in [-0.3, -0.25) is 13.9 Å². The van der Waals surface area contributed by atoms with Crippen LogP contribution in [0.2, 0.25) is 10.0 Å². The van der Waals surface area contributed by atoms with Gasteiger partial charge in [0.05, 0.1) is 10.6 Å². The molecule has 1 unspecified atom stereocenters. The minimum Gasteiger partial charge on any atom is -0.357 e. The number of rotatable bonds is 10. The number of likely N-dealkylation sites (N-methyl/N-ethyl adjacent to an activating group) is 1. The van der Waals surface area contributed by atoms with Crippen LogP contribution >= 0.6 is 23.2 Å². The summed E-state index contributed by atoms with van der Waals surface area (Å²) in [6.45, 7) is 3.16. The van der Waals surface area contributed by atoms with Gasteiger partial charge in [-0.15, -0.1) is 0 Å². The fourth-order valence-electron chi connectivity index (χ4n) is 3.86. The Hall–Kier alpha value is -3.07. The summed E-state index contributed by atoms with van der Waals surface area (Å²) >= 11 is 12.3. The van der Waals surface area contributed by atoms with Gasteiger partial charge in [0, 0.05) is 23.6 Å². The van der Waals surface area contributed by atoms with Crippen molar-refractivity contribution >= 4 is 50.7 Å². The molecule has 3 rings (SSSR count). The van der Waals surface area contributed by atoms with Crippen molar-refractivity contribution < 1.29 is 18.0 Å². The van der Waals surface area contributed by atoms with Crippen LogP contribution in [0, 0.1) is 6.92 Å². The van der Waals surface area contributed by atoms with Crippen LogP contribution in [0.4, 0.5) is 5.69 Å². The van der Waals surface area contributed by atoms with Crippen molar-refractivity contribution in [3.8, 4) is 0 Å². The first-order valence-electron chi connectivity index (χ1n) is 11.7. The van der Waals surface area contributed by atoms with Crippen molar-refractivity contribution in [2.24, 2.45) is 0 Å². The third-order valence-corrected chi connectivity index (χ3v) is 8.40. The summed E-state index contributed by atoms with van der Waals surface area (Å²) in [5.74, 6) is -0.887. The Kier molecular flexibility index (Phi) is 9.59. The average molecular weight is 563 g/mol. The summed E-state index contributed by atoms with van der Waals surface area (Å²) in [5, 5.41) is 3.50. The van der Waals surface area contributed by atoms with Crippen LogP contribution < -0.4 is 9.62 Å². The predicted octanol–water partition coefficient (Wildman–Crippen LogP) is 5.05. The number of hydrogen-bond donors (Lipinski definition) is 1. The molecule has 0 aliphatic rings. The second kappa shape index (κ2) is 12.4. The lowest BCUT2D eigenvalue weighted by Gasteiger charge is -2.33. The van der Waals surface area contributed by atoms with Gasteiger partial charge in [-0.25, -0.2) is 8.42 Å². The number of sulfonamides is 1. The maximum absolute atomic E-state index is 13.8. The average Bonchev–Trinajstić information content (AvgIpc) is 2.90. The second-order valence-electron chi connectivity index (χ2n) is 8.44. The lowest BCUT2D eigenvalue weighted by atomic mass is 10.1. The normalized spacial score (nSPS) is 12.0. The van der Waals surface area contributed by atoms with Gasteiger partial charge < -0.3 is 10.2 Å². The molecule has 0 fully saturated rings. The van der Waals surface area contributed by atoms with Crippen molar-refractivity contribution in [3.63, 3.8) is 0 Å². The number of nitrogens with one attached hydrogen (secondary N) is 1. The molecular formula is C27H29Cl2N3O4S. The summed E-state index contributed by atoms with van der Waals surface area (Å²) in [4.78, 5) is 28.0. The van der Waals surface area contributed by atoms with E-state index in [1.165, 1.54) is 30.1 Å². The smallest absolute Gasteiger partial charge is 0.264 e. The zero-order valence-corrected chi connectivity index (χ0v) is 23.1. The van der Waals surface area contributed by atoms with Gasteiger partial charge >= 0.3 is 0 Å². The number of hydrogen-bond acceptors (Lipinski definition) is 4. The van der Waals surface area contributed by atoms with E-state index in [0.29, 0.717) is 16.5 Å². The Morgan fingerprint density at radius 1 is 0.973 bits per heavy atom. The highest BCUT2D eigenvalue weighted by Gasteiger charge is 2.33. The first-order chi connectivity index (χ1) is 17.6. The molecule has 7 nitrogen and oxygen atoms in total. The first-order valence-corrected chi connectivity index (χ1v) is 13.9. The largest absolute Gasteiger partial charge is 0.357 e. The molecule has 196 valence electrons. The zero-order valence-electron chi connectivity index (χ0n) is 20.8. The molecule has 3 aromatic carbocycles. The maximum Gasteiger partial charge on any atom is 0.264 e. The summed E-state index contributed by atoms with van der Waals surface area (Å²) in [6, 6.07) is 18.8. The molecule has 0 bridgehead atoms. The molecule has 3 aromatic rings. The van der Waals surface area contributed by atoms with Crippen LogP contribution in [-0.4, -0.2) is 44.8 Å². The van der Waals surface area contributed by atoms with Gasteiger partial charge in [0.1, 0.15) is 12.6 Å². The quantitative estimate of drug-likeness (QED) is 0.375. The van der Waals surface area contributed by atoms with Crippen LogP contribution in [0.3, 0.4) is 0 Å². The number of amides is 2. The van der Waals surface area contributed by atoms with Crippen LogP contribution in [0.1, 0.15) is 24.5 Å². The fraction of sp³-hybridized carbons (Fsp3) is 0.259. The van der Waals surface area contributed by atoms with Crippen LogP contribution in [-0.2, 0) is 26.2 Å². The Morgan fingerprint density at radius 3 is 2.19 bits per heavy atom. The molecule has 0 spiro atoms. The van der Waals surface area contributed by atoms with E-state index in [-0.39, 0.29) is 23.0 Å². The summed E-state index contributed by atoms with van der Waals surface area (Å²) in [5.41, 5.74) is 1.76. The molecule has 0 aliphatic heterocycles. The van der Waals surface area contributed by atoms with Crippen molar-refractivity contribution in [3.05, 3.63) is 94.0 Å². The van der Waals surface area contributed by atoms with Crippen molar-refractivity contribution in [1.29, 1.82) is 0 Å². The van der Waals surface area contributed by atoms with E-state index in [1.807, 2.05) is 0 Å². The Balaban J connectivity index is 2.06. The number of benzene rings is 3. The highest BCUT2D eigenvalue weighted by molar-refractivity contribution is 7.92. The van der Waals surface area contributed by atoms with Crippen LogP contribution in [0.25, 0.3) is 0 Å². The number of carbonyl (C=O) groups excluding carboxylic acids is 2. The molecule has 0 heterocycles. The highest BCUT2D eigenvalue weighted by Crippen LogP contribution is 2.28. The lowest BCUT2D eigenvalue weighted by Crippen LogP contribution is -2.51. The van der Waals surface area contributed by atoms with E-state index >= 15 is 0 Å². The summed E-state index contributed by atoms with van der Waals surface area (Å²) in [7, 11) is -2.64. The number of anilines is 1. The number of halogens is 2. The predicted molar refractivity (Wildman–Crippen MR) is 147 cm³/mol. The molecule has 0 saturated carbocycles. The molecular weight excluding hydrogens is 533 g/mol. The molecule has 10 heteroatoms. The monoisotopic (exact) mass is 561 g/mol. The third kappa shape index (κ3) is 6.83. The Labute approximate surface area is 228 Å². The fourth-order valence-corrected chi connectivity index (χ4v) is 5.59. The minimum absolute atomic E-state index is 0.0297. The topological polar surface area (TPSA) is 86.8 Å². The standard InChI is InChI=1S/C27H29Cl2N3O4S/c1-4-25(27(34)30-3)31(17-20-11-13-21(28)14-12-20)26(33)18-32(22-15-10-19(2)24(29)16-22)37(35,36)23-8-6-5-7-9-23/h5-16,25H,4,17-18H2,1-3H3,(H,30,34). The Bertz CT molecular complexity index is 1350. The summed E-state index contributed by atoms with van der Waals surface area (Å²) in [6.07, 6.45) is 0.334. The van der Waals surface area contributed by atoms with Crippen LogP contribution in [0.5, 0.6) is 0 Å². The van der Waals surface area contributed by atoms with E-state index < -0.39 is 28.5 Å². The lowest BCUT2D eigenvalue weighted by molar-refractivity contribution is -0.140. The van der Waals surface area contributed by atoms with Gasteiger partial charge in [-0.1, -0.05) is 66.5 Å². The van der Waals surface area contributed by atoms with Gasteiger partial charge in [0.15, 0.2) is 0 Å². The number of carbonyl (C=O) groups is 2. The highest BCUT2D eigenvalue weighted by atomic mass is 35.5. The van der Waals surface area contributed by atoms with Crippen LogP contribution in [0.15, 0.2) is 77.7 Å². The van der Waals surface area contributed by atoms with E-state index in [9.17, 15) is 18.0 Å². The minimum atomic E-state index is -4.14. The molecule has 2 amide bonds. The maximum atomic E-state index is 13.8. The summed E-state index contributed by atoms with van der Waals surface area (Å²) < 4.78 is 28.5. The third-order valence-electron chi connectivity index (χ3n) is 5.95. The SMILES string of the molecule is CCC(C(=O)NC)N(Cc1ccc(Cl)cc1)C(=O)CN(c1ccc(C)c(Cl)c1)S(=O)(=O)c1ccccc1. The first kappa shape index (κ1) is 28.5. The van der Waals surface area contributed by atoms with E-state index in [1.54, 1.807) is 68.4 Å². The van der Waals surface area contributed by atoms with E-state index in [4.69, 9.17) is 23.2 Å². The molecule has 1 atom stereocenters. The number of nitrogens with zero attached hydrogens (tertiary/aromatic N) is 2. The van der Waals surface area contributed by atoms with Gasteiger partial charge in [0.25, 0.3) is 10.0 Å². The van der Waals surface area contributed by atoms with Gasteiger partial charge in [-0.05, 0) is 60.9 Å². The van der Waals surface area contributed by atoms with Crippen molar-refractivity contribution in [1.82, 2.24) is 10.2 Å². The molecule has 0 saturated heterocycles. The van der Waals surface area contributed by atoms with Gasteiger partial charge in [-0.2, -0.15) is 0 Å². The molecule has 0 aliphatic carbocycles.